The number of halogens is 1. The van der Waals surface area contributed by atoms with Crippen LogP contribution in [0.2, 0.25) is 5.02 Å². The summed E-state index contributed by atoms with van der Waals surface area (Å²) >= 11 is 6.65. The molecule has 0 fully saturated rings. The van der Waals surface area contributed by atoms with Crippen LogP contribution in [-0.4, -0.2) is 5.11 Å². The first-order chi connectivity index (χ1) is 12.6. The van der Waals surface area contributed by atoms with Crippen LogP contribution in [0, 0.1) is 6.92 Å². The normalized spacial score (nSPS) is 14.1. The zero-order valence-electron chi connectivity index (χ0n) is 14.8. The van der Waals surface area contributed by atoms with Crippen molar-refractivity contribution >= 4 is 22.7 Å². The number of allylic oxidation sites excluding steroid dienone is 1. The van der Waals surface area contributed by atoms with Crippen LogP contribution in [0.5, 0.6) is 5.75 Å². The van der Waals surface area contributed by atoms with E-state index in [0.29, 0.717) is 0 Å². The smallest absolute Gasteiger partial charge is 0.115 e. The third kappa shape index (κ3) is 3.15. The Morgan fingerprint density at radius 2 is 1.62 bits per heavy atom. The summed E-state index contributed by atoms with van der Waals surface area (Å²) in [5, 5.41) is 10.5. The number of aromatic hydroxyl groups is 1. The van der Waals surface area contributed by atoms with Gasteiger partial charge in [0.2, 0.25) is 0 Å². The van der Waals surface area contributed by atoms with Crippen LogP contribution in [0.3, 0.4) is 0 Å². The van der Waals surface area contributed by atoms with Gasteiger partial charge in [0.25, 0.3) is 0 Å². The Bertz CT molecular complexity index is 983. The van der Waals surface area contributed by atoms with E-state index in [-0.39, 0.29) is 5.75 Å². The lowest BCUT2D eigenvalue weighted by molar-refractivity contribution is 0.475. The predicted molar refractivity (Wildman–Crippen MR) is 110 cm³/mol. The molecule has 3 aromatic carbocycles. The molecular formula is C24H21ClO. The van der Waals surface area contributed by atoms with Crippen molar-refractivity contribution < 1.29 is 5.11 Å². The Morgan fingerprint density at radius 1 is 0.846 bits per heavy atom. The zero-order valence-corrected chi connectivity index (χ0v) is 15.6. The van der Waals surface area contributed by atoms with Crippen molar-refractivity contribution in [3.8, 4) is 5.75 Å². The Balaban J connectivity index is 2.03. The van der Waals surface area contributed by atoms with E-state index in [1.807, 2.05) is 18.2 Å². The standard InChI is InChI=1S/C24H21ClO/c1-16-9-14-21(23(25)15-16)22-8-4-6-17-5-2-3-7-20(17)24(22)18-10-12-19(26)13-11-18/h2-3,5,7,9-15,26H,4,6,8H2,1H3. The third-order valence-corrected chi connectivity index (χ3v) is 5.38. The maximum absolute atomic E-state index is 9.73. The highest BCUT2D eigenvalue weighted by Gasteiger charge is 2.21. The molecule has 1 aliphatic carbocycles. The molecule has 1 aliphatic rings. The lowest BCUT2D eigenvalue weighted by Crippen LogP contribution is -1.96. The molecular weight excluding hydrogens is 340 g/mol. The van der Waals surface area contributed by atoms with Gasteiger partial charge in [-0.1, -0.05) is 60.1 Å². The van der Waals surface area contributed by atoms with Crippen molar-refractivity contribution in [2.24, 2.45) is 0 Å². The van der Waals surface area contributed by atoms with Gasteiger partial charge in [0, 0.05) is 5.02 Å². The lowest BCUT2D eigenvalue weighted by atomic mass is 9.87. The molecule has 0 heterocycles. The summed E-state index contributed by atoms with van der Waals surface area (Å²) in [6, 6.07) is 22.4. The minimum absolute atomic E-state index is 0.283. The third-order valence-electron chi connectivity index (χ3n) is 5.07. The second-order valence-corrected chi connectivity index (χ2v) is 7.30. The number of rotatable bonds is 2. The molecule has 0 aromatic heterocycles. The summed E-state index contributed by atoms with van der Waals surface area (Å²) in [6.45, 7) is 2.06. The fourth-order valence-electron chi connectivity index (χ4n) is 3.82. The highest BCUT2D eigenvalue weighted by Crippen LogP contribution is 2.41. The first-order valence-corrected chi connectivity index (χ1v) is 9.38. The maximum Gasteiger partial charge on any atom is 0.115 e. The van der Waals surface area contributed by atoms with Gasteiger partial charge in [-0.2, -0.15) is 0 Å². The summed E-state index contributed by atoms with van der Waals surface area (Å²) in [5.41, 5.74) is 8.53. The molecule has 0 spiro atoms. The van der Waals surface area contributed by atoms with Crippen LogP contribution >= 0.6 is 11.6 Å². The lowest BCUT2D eigenvalue weighted by Gasteiger charge is -2.17. The number of phenols is 1. The van der Waals surface area contributed by atoms with Crippen LogP contribution < -0.4 is 0 Å². The molecule has 26 heavy (non-hydrogen) atoms. The topological polar surface area (TPSA) is 20.2 Å². The first-order valence-electron chi connectivity index (χ1n) is 9.01. The second-order valence-electron chi connectivity index (χ2n) is 6.89. The fraction of sp³-hybridized carbons (Fsp3) is 0.167. The fourth-order valence-corrected chi connectivity index (χ4v) is 4.17. The Hall–Kier alpha value is -2.51. The average Bonchev–Trinajstić information content (AvgIpc) is 2.82. The van der Waals surface area contributed by atoms with Gasteiger partial charge in [0.15, 0.2) is 0 Å². The van der Waals surface area contributed by atoms with E-state index >= 15 is 0 Å². The summed E-state index contributed by atoms with van der Waals surface area (Å²) in [7, 11) is 0. The number of phenolic OH excluding ortho intramolecular Hbond substituents is 1. The van der Waals surface area contributed by atoms with E-state index in [4.69, 9.17) is 11.6 Å². The van der Waals surface area contributed by atoms with Gasteiger partial charge in [-0.3, -0.25) is 0 Å². The summed E-state index contributed by atoms with van der Waals surface area (Å²) in [6.07, 6.45) is 3.14. The molecule has 1 N–H and O–H groups in total. The van der Waals surface area contributed by atoms with Crippen LogP contribution in [-0.2, 0) is 6.42 Å². The van der Waals surface area contributed by atoms with Crippen LogP contribution in [0.25, 0.3) is 11.1 Å². The van der Waals surface area contributed by atoms with Gasteiger partial charge < -0.3 is 5.11 Å². The summed E-state index contributed by atoms with van der Waals surface area (Å²) < 4.78 is 0. The maximum atomic E-state index is 9.73. The number of benzene rings is 3. The summed E-state index contributed by atoms with van der Waals surface area (Å²) in [5.74, 6) is 0.283. The van der Waals surface area contributed by atoms with E-state index in [9.17, 15) is 5.11 Å². The van der Waals surface area contributed by atoms with Crippen LogP contribution in [0.4, 0.5) is 0 Å². The van der Waals surface area contributed by atoms with Crippen molar-refractivity contribution in [1.29, 1.82) is 0 Å². The molecule has 0 aliphatic heterocycles. The minimum atomic E-state index is 0.283. The Kier molecular flexibility index (Phi) is 4.57. The van der Waals surface area contributed by atoms with Gasteiger partial charge >= 0.3 is 0 Å². The van der Waals surface area contributed by atoms with Gasteiger partial charge in [0.05, 0.1) is 0 Å². The van der Waals surface area contributed by atoms with E-state index in [2.05, 4.69) is 43.3 Å². The number of hydrogen-bond acceptors (Lipinski definition) is 1. The molecule has 0 atom stereocenters. The van der Waals surface area contributed by atoms with Crippen molar-refractivity contribution in [3.05, 3.63) is 99.6 Å². The predicted octanol–water partition coefficient (Wildman–Crippen LogP) is 6.65. The Labute approximate surface area is 159 Å². The molecule has 3 aromatic rings. The van der Waals surface area contributed by atoms with E-state index < -0.39 is 0 Å². The molecule has 0 saturated carbocycles. The summed E-state index contributed by atoms with van der Waals surface area (Å²) in [4.78, 5) is 0. The molecule has 0 bridgehead atoms. The SMILES string of the molecule is Cc1ccc(C2=C(c3ccc(O)cc3)c3ccccc3CCC2)c(Cl)c1. The van der Waals surface area contributed by atoms with E-state index in [1.54, 1.807) is 12.1 Å². The first kappa shape index (κ1) is 16.9. The van der Waals surface area contributed by atoms with Crippen LogP contribution in [0.15, 0.2) is 66.7 Å². The monoisotopic (exact) mass is 360 g/mol. The molecule has 2 heteroatoms. The van der Waals surface area contributed by atoms with Crippen molar-refractivity contribution in [3.63, 3.8) is 0 Å². The molecule has 0 unspecified atom stereocenters. The van der Waals surface area contributed by atoms with Crippen molar-refractivity contribution in [2.45, 2.75) is 26.2 Å². The zero-order chi connectivity index (χ0) is 18.1. The largest absolute Gasteiger partial charge is 0.508 e. The average molecular weight is 361 g/mol. The van der Waals surface area contributed by atoms with Gasteiger partial charge in [-0.05, 0) is 83.3 Å². The minimum Gasteiger partial charge on any atom is -0.508 e. The van der Waals surface area contributed by atoms with Gasteiger partial charge in [-0.15, -0.1) is 0 Å². The van der Waals surface area contributed by atoms with Gasteiger partial charge in [0.1, 0.15) is 5.75 Å². The highest BCUT2D eigenvalue weighted by molar-refractivity contribution is 6.32. The number of fused-ring (bicyclic) bond motifs is 1. The molecule has 1 nitrogen and oxygen atoms in total. The molecule has 0 radical (unpaired) electrons. The van der Waals surface area contributed by atoms with Crippen molar-refractivity contribution in [1.82, 2.24) is 0 Å². The number of aryl methyl sites for hydroxylation is 2. The van der Waals surface area contributed by atoms with E-state index in [0.717, 1.165) is 35.4 Å². The quantitative estimate of drug-likeness (QED) is 0.542. The molecule has 130 valence electrons. The van der Waals surface area contributed by atoms with E-state index in [1.165, 1.54) is 27.8 Å². The van der Waals surface area contributed by atoms with Gasteiger partial charge in [-0.25, -0.2) is 0 Å². The molecule has 0 amide bonds. The van der Waals surface area contributed by atoms with Crippen LogP contribution in [0.1, 0.15) is 40.7 Å². The van der Waals surface area contributed by atoms with Crippen molar-refractivity contribution in [2.75, 3.05) is 0 Å². The second kappa shape index (κ2) is 7.01. The number of hydrogen-bond donors (Lipinski definition) is 1. The molecule has 4 rings (SSSR count). The highest BCUT2D eigenvalue weighted by atomic mass is 35.5. The molecule has 0 saturated heterocycles. The Morgan fingerprint density at radius 3 is 2.38 bits per heavy atom.